The number of hydrogen-bond acceptors (Lipinski definition) is 3. The Hall–Kier alpha value is -2.96. The van der Waals surface area contributed by atoms with Crippen LogP contribution >= 0.6 is 0 Å². The van der Waals surface area contributed by atoms with Crippen LogP contribution in [0.1, 0.15) is 55.7 Å². The van der Waals surface area contributed by atoms with Crippen molar-refractivity contribution < 1.29 is 32.5 Å². The fourth-order valence-corrected chi connectivity index (χ4v) is 3.03. The lowest BCUT2D eigenvalue weighted by atomic mass is 9.98. The summed E-state index contributed by atoms with van der Waals surface area (Å²) >= 11 is 0. The summed E-state index contributed by atoms with van der Waals surface area (Å²) in [6.07, 6.45) is -3.44. The van der Waals surface area contributed by atoms with Crippen LogP contribution in [0.4, 0.5) is 13.2 Å². The number of halogens is 3. The first-order valence-corrected chi connectivity index (χ1v) is 9.60. The summed E-state index contributed by atoms with van der Waals surface area (Å²) in [6, 6.07) is 11.5. The topological polar surface area (TPSA) is 55.8 Å². The van der Waals surface area contributed by atoms with Gasteiger partial charge in [-0.05, 0) is 53.3 Å². The molecule has 0 aromatic heterocycles. The number of carbonyl (C=O) groups is 1. The van der Waals surface area contributed by atoms with Gasteiger partial charge in [-0.2, -0.15) is 0 Å². The Morgan fingerprint density at radius 2 is 1.83 bits per heavy atom. The van der Waals surface area contributed by atoms with Gasteiger partial charge in [0.05, 0.1) is 6.42 Å². The lowest BCUT2D eigenvalue weighted by Crippen LogP contribution is -2.18. The van der Waals surface area contributed by atoms with Crippen molar-refractivity contribution in [2.75, 3.05) is 0 Å². The van der Waals surface area contributed by atoms with Crippen molar-refractivity contribution in [3.05, 3.63) is 65.7 Å². The van der Waals surface area contributed by atoms with Crippen molar-refractivity contribution >= 4 is 11.5 Å². The molecule has 0 aliphatic carbocycles. The molecule has 1 unspecified atom stereocenters. The SMILES string of the molecule is C=C(CCC)c1cc(COc2ccc(C(C)CC(=O)O)cc2)ccc1OC(F)(F)F. The van der Waals surface area contributed by atoms with Crippen LogP contribution in [0.5, 0.6) is 11.5 Å². The number of carboxylic acids is 1. The summed E-state index contributed by atoms with van der Waals surface area (Å²) in [6.45, 7) is 7.79. The lowest BCUT2D eigenvalue weighted by Gasteiger charge is -2.16. The molecule has 0 fully saturated rings. The minimum atomic E-state index is -4.78. The monoisotopic (exact) mass is 422 g/mol. The molecule has 0 amide bonds. The number of carboxylic acid groups (broad SMARTS) is 1. The van der Waals surface area contributed by atoms with Gasteiger partial charge < -0.3 is 14.6 Å². The normalized spacial score (nSPS) is 12.3. The second kappa shape index (κ2) is 10.2. The Kier molecular flexibility index (Phi) is 7.92. The number of benzene rings is 2. The Balaban J connectivity index is 2.11. The molecule has 0 bridgehead atoms. The predicted molar refractivity (Wildman–Crippen MR) is 109 cm³/mol. The molecule has 0 saturated heterocycles. The molecular formula is C23H25F3O4. The third-order valence-corrected chi connectivity index (χ3v) is 4.54. The van der Waals surface area contributed by atoms with Gasteiger partial charge in [0, 0.05) is 5.56 Å². The van der Waals surface area contributed by atoms with Crippen molar-refractivity contribution in [2.45, 2.75) is 52.0 Å². The molecule has 0 heterocycles. The van der Waals surface area contributed by atoms with Crippen LogP contribution in [0.25, 0.3) is 5.57 Å². The number of allylic oxidation sites excluding steroid dienone is 1. The highest BCUT2D eigenvalue weighted by molar-refractivity contribution is 5.69. The molecule has 1 N–H and O–H groups in total. The highest BCUT2D eigenvalue weighted by Crippen LogP contribution is 2.33. The summed E-state index contributed by atoms with van der Waals surface area (Å²) in [5.41, 5.74) is 2.44. The zero-order valence-electron chi connectivity index (χ0n) is 17.0. The second-order valence-electron chi connectivity index (χ2n) is 7.09. The number of ether oxygens (including phenoxy) is 2. The van der Waals surface area contributed by atoms with Gasteiger partial charge in [-0.1, -0.05) is 45.0 Å². The fraction of sp³-hybridized carbons (Fsp3) is 0.348. The second-order valence-corrected chi connectivity index (χ2v) is 7.09. The molecule has 7 heteroatoms. The molecule has 4 nitrogen and oxygen atoms in total. The van der Waals surface area contributed by atoms with Crippen molar-refractivity contribution in [1.29, 1.82) is 0 Å². The summed E-state index contributed by atoms with van der Waals surface area (Å²) in [5.74, 6) is -0.682. The van der Waals surface area contributed by atoms with E-state index in [1.54, 1.807) is 30.3 Å². The minimum Gasteiger partial charge on any atom is -0.489 e. The Morgan fingerprint density at radius 1 is 1.17 bits per heavy atom. The molecule has 162 valence electrons. The van der Waals surface area contributed by atoms with Crippen LogP contribution in [0.15, 0.2) is 49.0 Å². The third-order valence-electron chi connectivity index (χ3n) is 4.54. The quantitative estimate of drug-likeness (QED) is 0.471. The van der Waals surface area contributed by atoms with Crippen LogP contribution in [-0.2, 0) is 11.4 Å². The first-order valence-electron chi connectivity index (χ1n) is 9.60. The van der Waals surface area contributed by atoms with Gasteiger partial charge in [-0.25, -0.2) is 0 Å². The predicted octanol–water partition coefficient (Wildman–Crippen LogP) is 6.56. The molecule has 0 aliphatic heterocycles. The largest absolute Gasteiger partial charge is 0.573 e. The number of rotatable bonds is 10. The summed E-state index contributed by atoms with van der Waals surface area (Å²) in [5, 5.41) is 8.88. The Morgan fingerprint density at radius 3 is 2.40 bits per heavy atom. The van der Waals surface area contributed by atoms with E-state index in [4.69, 9.17) is 9.84 Å². The fourth-order valence-electron chi connectivity index (χ4n) is 3.03. The number of aliphatic carboxylic acids is 1. The first-order chi connectivity index (χ1) is 14.1. The molecule has 2 aromatic carbocycles. The molecular weight excluding hydrogens is 397 g/mol. The van der Waals surface area contributed by atoms with E-state index in [0.717, 1.165) is 12.0 Å². The van der Waals surface area contributed by atoms with Gasteiger partial charge in [0.25, 0.3) is 0 Å². The van der Waals surface area contributed by atoms with Gasteiger partial charge in [0.2, 0.25) is 0 Å². The smallest absolute Gasteiger partial charge is 0.489 e. The van der Waals surface area contributed by atoms with Crippen molar-refractivity contribution in [2.24, 2.45) is 0 Å². The van der Waals surface area contributed by atoms with Gasteiger partial charge in [-0.3, -0.25) is 4.79 Å². The van der Waals surface area contributed by atoms with Crippen LogP contribution in [-0.4, -0.2) is 17.4 Å². The Labute approximate surface area is 173 Å². The van der Waals surface area contributed by atoms with Crippen LogP contribution in [0.2, 0.25) is 0 Å². The summed E-state index contributed by atoms with van der Waals surface area (Å²) in [4.78, 5) is 10.8. The molecule has 0 spiro atoms. The van der Waals surface area contributed by atoms with E-state index >= 15 is 0 Å². The zero-order valence-corrected chi connectivity index (χ0v) is 17.0. The van der Waals surface area contributed by atoms with Crippen LogP contribution in [0, 0.1) is 0 Å². The maximum Gasteiger partial charge on any atom is 0.573 e. The van der Waals surface area contributed by atoms with E-state index in [2.05, 4.69) is 11.3 Å². The standard InChI is InChI=1S/C23H25F3O4/c1-4-5-15(2)20-13-17(6-11-21(20)30-23(24,25)26)14-29-19-9-7-18(8-10-19)16(3)12-22(27)28/h6-11,13,16H,2,4-5,12,14H2,1,3H3,(H,27,28). The Bertz CT molecular complexity index is 873. The van der Waals surface area contributed by atoms with Crippen molar-refractivity contribution in [3.8, 4) is 11.5 Å². The summed E-state index contributed by atoms with van der Waals surface area (Å²) < 4.78 is 47.9. The molecule has 0 saturated carbocycles. The average molecular weight is 422 g/mol. The highest BCUT2D eigenvalue weighted by atomic mass is 19.4. The lowest BCUT2D eigenvalue weighted by molar-refractivity contribution is -0.274. The van der Waals surface area contributed by atoms with E-state index < -0.39 is 12.3 Å². The van der Waals surface area contributed by atoms with Gasteiger partial charge in [-0.15, -0.1) is 13.2 Å². The van der Waals surface area contributed by atoms with E-state index in [-0.39, 0.29) is 24.7 Å². The first kappa shape index (κ1) is 23.3. The van der Waals surface area contributed by atoms with Gasteiger partial charge in [0.1, 0.15) is 18.1 Å². The van der Waals surface area contributed by atoms with E-state index in [1.807, 2.05) is 13.8 Å². The minimum absolute atomic E-state index is 0.0387. The van der Waals surface area contributed by atoms with Crippen molar-refractivity contribution in [1.82, 2.24) is 0 Å². The molecule has 30 heavy (non-hydrogen) atoms. The van der Waals surface area contributed by atoms with Crippen molar-refractivity contribution in [3.63, 3.8) is 0 Å². The zero-order chi connectivity index (χ0) is 22.3. The van der Waals surface area contributed by atoms with E-state index in [0.29, 0.717) is 28.9 Å². The van der Waals surface area contributed by atoms with E-state index in [1.165, 1.54) is 12.1 Å². The number of hydrogen-bond donors (Lipinski definition) is 1. The van der Waals surface area contributed by atoms with Gasteiger partial charge >= 0.3 is 12.3 Å². The maximum absolute atomic E-state index is 12.7. The molecule has 1 atom stereocenters. The number of alkyl halides is 3. The molecule has 0 aliphatic rings. The third kappa shape index (κ3) is 7.13. The molecule has 2 aromatic rings. The maximum atomic E-state index is 12.7. The average Bonchev–Trinajstić information content (AvgIpc) is 2.66. The highest BCUT2D eigenvalue weighted by Gasteiger charge is 2.32. The summed E-state index contributed by atoms with van der Waals surface area (Å²) in [7, 11) is 0. The van der Waals surface area contributed by atoms with Crippen LogP contribution in [0.3, 0.4) is 0 Å². The van der Waals surface area contributed by atoms with Crippen LogP contribution < -0.4 is 9.47 Å². The molecule has 2 rings (SSSR count). The molecule has 0 radical (unpaired) electrons. The van der Waals surface area contributed by atoms with Gasteiger partial charge in [0.15, 0.2) is 0 Å². The van der Waals surface area contributed by atoms with E-state index in [9.17, 15) is 18.0 Å².